The number of hydrogen-bond acceptors (Lipinski definition) is 6. The van der Waals surface area contributed by atoms with Gasteiger partial charge in [-0.3, -0.25) is 10.1 Å². The molecule has 2 rings (SSSR count). The standard InChI is InChI=1S/C10H10ClN5OS/c1-5-4-18-10(14-5)15-9(17)6-2-7(11)8(16-12)13-3-6/h2-4H,12H2,1H3,(H,13,16)(H,14,15,17). The molecule has 8 heteroatoms. The van der Waals surface area contributed by atoms with Gasteiger partial charge in [-0.15, -0.1) is 11.3 Å². The summed E-state index contributed by atoms with van der Waals surface area (Å²) in [5.74, 6) is 5.20. The molecule has 2 heterocycles. The third-order valence-corrected chi connectivity index (χ3v) is 3.24. The zero-order chi connectivity index (χ0) is 13.1. The number of aryl methyl sites for hydroxylation is 1. The van der Waals surface area contributed by atoms with Crippen LogP contribution in [0, 0.1) is 6.92 Å². The van der Waals surface area contributed by atoms with Crippen molar-refractivity contribution < 1.29 is 4.79 Å². The van der Waals surface area contributed by atoms with Gasteiger partial charge < -0.3 is 5.43 Å². The quantitative estimate of drug-likeness (QED) is 0.592. The highest BCUT2D eigenvalue weighted by molar-refractivity contribution is 7.13. The molecule has 0 aliphatic carbocycles. The van der Waals surface area contributed by atoms with E-state index in [9.17, 15) is 4.79 Å². The molecule has 2 aromatic heterocycles. The molecule has 18 heavy (non-hydrogen) atoms. The smallest absolute Gasteiger partial charge is 0.259 e. The van der Waals surface area contributed by atoms with E-state index in [-0.39, 0.29) is 10.9 Å². The summed E-state index contributed by atoms with van der Waals surface area (Å²) in [5, 5.41) is 5.33. The largest absolute Gasteiger partial charge is 0.307 e. The first kappa shape index (κ1) is 12.7. The topological polar surface area (TPSA) is 92.9 Å². The molecule has 0 aromatic carbocycles. The minimum absolute atomic E-state index is 0.278. The predicted octanol–water partition coefficient (Wildman–Crippen LogP) is 2.04. The zero-order valence-electron chi connectivity index (χ0n) is 9.40. The van der Waals surface area contributed by atoms with Crippen molar-refractivity contribution >= 4 is 39.8 Å². The lowest BCUT2D eigenvalue weighted by atomic mass is 10.2. The normalized spacial score (nSPS) is 10.2. The summed E-state index contributed by atoms with van der Waals surface area (Å²) in [6.07, 6.45) is 1.39. The number of aromatic nitrogens is 2. The van der Waals surface area contributed by atoms with E-state index in [1.807, 2.05) is 12.3 Å². The van der Waals surface area contributed by atoms with E-state index in [4.69, 9.17) is 17.4 Å². The van der Waals surface area contributed by atoms with Crippen molar-refractivity contribution in [1.82, 2.24) is 9.97 Å². The van der Waals surface area contributed by atoms with Crippen LogP contribution in [-0.2, 0) is 0 Å². The molecule has 0 spiro atoms. The molecule has 0 fully saturated rings. The van der Waals surface area contributed by atoms with Gasteiger partial charge in [-0.2, -0.15) is 0 Å². The van der Waals surface area contributed by atoms with Crippen LogP contribution >= 0.6 is 22.9 Å². The van der Waals surface area contributed by atoms with Gasteiger partial charge in [-0.25, -0.2) is 15.8 Å². The molecule has 0 bridgehead atoms. The zero-order valence-corrected chi connectivity index (χ0v) is 11.0. The van der Waals surface area contributed by atoms with Crippen LogP contribution in [0.1, 0.15) is 16.1 Å². The summed E-state index contributed by atoms with van der Waals surface area (Å²) in [5.41, 5.74) is 3.52. The molecule has 0 atom stereocenters. The van der Waals surface area contributed by atoms with E-state index in [0.717, 1.165) is 5.69 Å². The third kappa shape index (κ3) is 2.76. The van der Waals surface area contributed by atoms with Crippen LogP contribution in [-0.4, -0.2) is 15.9 Å². The SMILES string of the molecule is Cc1csc(NC(=O)c2cnc(NN)c(Cl)c2)n1. The number of carbonyl (C=O) groups excluding carboxylic acids is 1. The minimum Gasteiger partial charge on any atom is -0.307 e. The van der Waals surface area contributed by atoms with Crippen LogP contribution in [0.4, 0.5) is 10.9 Å². The summed E-state index contributed by atoms with van der Waals surface area (Å²) in [6, 6.07) is 1.49. The van der Waals surface area contributed by atoms with Crippen molar-refractivity contribution in [2.75, 3.05) is 10.7 Å². The molecular formula is C10H10ClN5OS. The number of thiazole rings is 1. The van der Waals surface area contributed by atoms with Crippen molar-refractivity contribution in [2.24, 2.45) is 5.84 Å². The molecule has 0 aliphatic rings. The maximum Gasteiger partial charge on any atom is 0.259 e. The Morgan fingerprint density at radius 3 is 2.89 bits per heavy atom. The van der Waals surface area contributed by atoms with E-state index in [1.54, 1.807) is 0 Å². The number of halogens is 1. The Hall–Kier alpha value is -1.70. The van der Waals surface area contributed by atoms with E-state index < -0.39 is 0 Å². The second-order valence-corrected chi connectivity index (χ2v) is 4.71. The highest BCUT2D eigenvalue weighted by atomic mass is 35.5. The van der Waals surface area contributed by atoms with Crippen molar-refractivity contribution in [3.05, 3.63) is 33.9 Å². The number of nitrogens with two attached hydrogens (primary N) is 1. The lowest BCUT2D eigenvalue weighted by molar-refractivity contribution is 0.102. The summed E-state index contributed by atoms with van der Waals surface area (Å²) in [4.78, 5) is 19.9. The van der Waals surface area contributed by atoms with E-state index in [0.29, 0.717) is 16.5 Å². The molecule has 1 amide bonds. The van der Waals surface area contributed by atoms with Crippen LogP contribution in [0.2, 0.25) is 5.02 Å². The summed E-state index contributed by atoms with van der Waals surface area (Å²) in [7, 11) is 0. The molecule has 2 aromatic rings. The fourth-order valence-corrected chi connectivity index (χ4v) is 2.15. The van der Waals surface area contributed by atoms with Crippen molar-refractivity contribution in [1.29, 1.82) is 0 Å². The number of nitrogen functional groups attached to an aromatic ring is 1. The van der Waals surface area contributed by atoms with Crippen LogP contribution in [0.3, 0.4) is 0 Å². The van der Waals surface area contributed by atoms with Gasteiger partial charge in [-0.05, 0) is 13.0 Å². The van der Waals surface area contributed by atoms with Crippen LogP contribution < -0.4 is 16.6 Å². The number of hydrogen-bond donors (Lipinski definition) is 3. The lowest BCUT2D eigenvalue weighted by Crippen LogP contribution is -2.14. The average molecular weight is 284 g/mol. The maximum atomic E-state index is 11.9. The first-order chi connectivity index (χ1) is 8.60. The average Bonchev–Trinajstić information content (AvgIpc) is 2.74. The van der Waals surface area contributed by atoms with Gasteiger partial charge in [0.05, 0.1) is 16.3 Å². The number of pyridine rings is 1. The second-order valence-electron chi connectivity index (χ2n) is 3.45. The van der Waals surface area contributed by atoms with Crippen LogP contribution in [0.25, 0.3) is 0 Å². The summed E-state index contributed by atoms with van der Waals surface area (Å²) in [6.45, 7) is 1.85. The molecule has 0 aliphatic heterocycles. The van der Waals surface area contributed by atoms with Crippen LogP contribution in [0.15, 0.2) is 17.6 Å². The molecule has 0 unspecified atom stereocenters. The molecule has 4 N–H and O–H groups in total. The maximum absolute atomic E-state index is 11.9. The Bertz CT molecular complexity index is 585. The summed E-state index contributed by atoms with van der Waals surface area (Å²) >= 11 is 7.24. The van der Waals surface area contributed by atoms with Crippen molar-refractivity contribution in [3.8, 4) is 0 Å². The minimum atomic E-state index is -0.317. The van der Waals surface area contributed by atoms with E-state index in [2.05, 4.69) is 20.7 Å². The number of nitrogens with one attached hydrogen (secondary N) is 2. The first-order valence-corrected chi connectivity index (χ1v) is 6.21. The number of anilines is 2. The van der Waals surface area contributed by atoms with Gasteiger partial charge in [-0.1, -0.05) is 11.6 Å². The van der Waals surface area contributed by atoms with Gasteiger partial charge in [0.15, 0.2) is 10.9 Å². The fourth-order valence-electron chi connectivity index (χ4n) is 1.25. The van der Waals surface area contributed by atoms with Gasteiger partial charge in [0.2, 0.25) is 0 Å². The highest BCUT2D eigenvalue weighted by Crippen LogP contribution is 2.20. The monoisotopic (exact) mass is 283 g/mol. The molecule has 6 nitrogen and oxygen atoms in total. The van der Waals surface area contributed by atoms with Crippen molar-refractivity contribution in [3.63, 3.8) is 0 Å². The van der Waals surface area contributed by atoms with Crippen molar-refractivity contribution in [2.45, 2.75) is 6.92 Å². The second kappa shape index (κ2) is 5.30. The molecule has 94 valence electrons. The molecule has 0 radical (unpaired) electrons. The number of nitrogens with zero attached hydrogens (tertiary/aromatic N) is 2. The predicted molar refractivity (Wildman–Crippen MR) is 71.9 cm³/mol. The van der Waals surface area contributed by atoms with Crippen LogP contribution in [0.5, 0.6) is 0 Å². The Labute approximate surface area is 112 Å². The van der Waals surface area contributed by atoms with E-state index >= 15 is 0 Å². The van der Waals surface area contributed by atoms with Gasteiger partial charge >= 0.3 is 0 Å². The Morgan fingerprint density at radius 1 is 1.56 bits per heavy atom. The van der Waals surface area contributed by atoms with Gasteiger partial charge in [0.25, 0.3) is 5.91 Å². The number of amides is 1. The number of hydrazine groups is 1. The molecule has 0 saturated carbocycles. The Morgan fingerprint density at radius 2 is 2.33 bits per heavy atom. The van der Waals surface area contributed by atoms with Gasteiger partial charge in [0, 0.05) is 11.6 Å². The molecule has 0 saturated heterocycles. The fraction of sp³-hybridized carbons (Fsp3) is 0.100. The Kier molecular flexibility index (Phi) is 3.75. The molecular weight excluding hydrogens is 274 g/mol. The number of carbonyl (C=O) groups is 1. The highest BCUT2D eigenvalue weighted by Gasteiger charge is 2.11. The number of rotatable bonds is 3. The van der Waals surface area contributed by atoms with E-state index in [1.165, 1.54) is 23.6 Å². The third-order valence-electron chi connectivity index (χ3n) is 2.08. The lowest BCUT2D eigenvalue weighted by Gasteiger charge is -2.05. The Balaban J connectivity index is 2.16. The first-order valence-electron chi connectivity index (χ1n) is 4.96. The summed E-state index contributed by atoms with van der Waals surface area (Å²) < 4.78 is 0. The van der Waals surface area contributed by atoms with Gasteiger partial charge in [0.1, 0.15) is 0 Å².